The molecular weight excluding hydrogens is 451 g/mol. The molecule has 0 unspecified atom stereocenters. The van der Waals surface area contributed by atoms with E-state index in [9.17, 15) is 14.6 Å². The van der Waals surface area contributed by atoms with Gasteiger partial charge in [-0.2, -0.15) is 0 Å². The van der Waals surface area contributed by atoms with Crippen molar-refractivity contribution >= 4 is 45.2 Å². The van der Waals surface area contributed by atoms with Crippen LogP contribution < -0.4 is 16.2 Å². The number of fused-ring (bicyclic) bond motifs is 2. The maximum atomic E-state index is 14.6. The van der Waals surface area contributed by atoms with Gasteiger partial charge in [0.1, 0.15) is 54.0 Å². The zero-order valence-corrected chi connectivity index (χ0v) is 18.2. The van der Waals surface area contributed by atoms with Crippen LogP contribution >= 0.6 is 11.6 Å². The minimum Gasteiger partial charge on any atom is -0.489 e. The standard InChI is InChI=1S/C22H20ClFN6O3/c1-9-13(7-33-10-4-15(24)12-6-14(23)21(26)29-16(12)5-10)18(31)19(32)17(9)30-3-2-11-20(25)27-8-28-22(11)30/h2-6,8,17-19,31-32H,7H2,1H3,(H2,26,29)(H2,25,27,28)/t17-,18-,19+/m1/s1. The zero-order valence-electron chi connectivity index (χ0n) is 17.4. The number of anilines is 2. The van der Waals surface area contributed by atoms with Gasteiger partial charge in [-0.3, -0.25) is 0 Å². The Hall–Kier alpha value is -3.47. The van der Waals surface area contributed by atoms with Crippen molar-refractivity contribution in [2.75, 3.05) is 18.1 Å². The third-order valence-electron chi connectivity index (χ3n) is 6.03. The van der Waals surface area contributed by atoms with Crippen molar-refractivity contribution in [3.63, 3.8) is 0 Å². The smallest absolute Gasteiger partial charge is 0.146 e. The number of nitrogen functional groups attached to an aromatic ring is 2. The van der Waals surface area contributed by atoms with Gasteiger partial charge in [0.15, 0.2) is 0 Å². The number of benzene rings is 1. The first-order valence-electron chi connectivity index (χ1n) is 10.1. The first kappa shape index (κ1) is 21.4. The largest absolute Gasteiger partial charge is 0.489 e. The Morgan fingerprint density at radius 2 is 1.94 bits per heavy atom. The molecule has 1 aliphatic carbocycles. The summed E-state index contributed by atoms with van der Waals surface area (Å²) in [5.41, 5.74) is 13.7. The van der Waals surface area contributed by atoms with E-state index in [0.717, 1.165) is 0 Å². The summed E-state index contributed by atoms with van der Waals surface area (Å²) in [7, 11) is 0. The van der Waals surface area contributed by atoms with Crippen molar-refractivity contribution in [1.29, 1.82) is 0 Å². The number of hydrogen-bond donors (Lipinski definition) is 4. The lowest BCUT2D eigenvalue weighted by molar-refractivity contribution is 0.0286. The van der Waals surface area contributed by atoms with Crippen LogP contribution in [0.15, 0.2) is 47.9 Å². The normalized spacial score (nSPS) is 20.8. The Balaban J connectivity index is 1.46. The lowest BCUT2D eigenvalue weighted by Crippen LogP contribution is -2.30. The minimum atomic E-state index is -1.18. The molecule has 0 spiro atoms. The molecule has 3 atom stereocenters. The van der Waals surface area contributed by atoms with Gasteiger partial charge in [0.2, 0.25) is 0 Å². The van der Waals surface area contributed by atoms with Crippen molar-refractivity contribution in [3.8, 4) is 5.75 Å². The molecule has 1 aliphatic rings. The molecule has 0 radical (unpaired) electrons. The number of pyridine rings is 1. The van der Waals surface area contributed by atoms with Crippen LogP contribution in [0.5, 0.6) is 5.75 Å². The molecule has 0 amide bonds. The Morgan fingerprint density at radius 1 is 1.15 bits per heavy atom. The summed E-state index contributed by atoms with van der Waals surface area (Å²) in [5, 5.41) is 22.5. The molecule has 6 N–H and O–H groups in total. The number of aliphatic hydroxyl groups excluding tert-OH is 2. The molecule has 11 heteroatoms. The monoisotopic (exact) mass is 470 g/mol. The van der Waals surface area contributed by atoms with Gasteiger partial charge in [-0.1, -0.05) is 11.6 Å². The maximum Gasteiger partial charge on any atom is 0.146 e. The molecule has 4 aromatic rings. The molecule has 3 aromatic heterocycles. The fourth-order valence-corrected chi connectivity index (χ4v) is 4.44. The van der Waals surface area contributed by atoms with Crippen LogP contribution in [0.25, 0.3) is 21.9 Å². The van der Waals surface area contributed by atoms with E-state index < -0.39 is 24.1 Å². The van der Waals surface area contributed by atoms with Crippen LogP contribution in [0.1, 0.15) is 13.0 Å². The molecule has 33 heavy (non-hydrogen) atoms. The molecule has 0 bridgehead atoms. The van der Waals surface area contributed by atoms with E-state index in [2.05, 4.69) is 15.0 Å². The Labute approximate surface area is 192 Å². The third-order valence-corrected chi connectivity index (χ3v) is 6.33. The van der Waals surface area contributed by atoms with Gasteiger partial charge in [0.05, 0.1) is 22.0 Å². The van der Waals surface area contributed by atoms with Gasteiger partial charge in [0, 0.05) is 23.7 Å². The molecule has 0 saturated carbocycles. The molecule has 3 heterocycles. The SMILES string of the molecule is CC1=C(COc2cc(F)c3cc(Cl)c(N)nc3c2)[C@@H](O)[C@@H](O)[C@@H]1n1ccc2c(N)ncnc21. The van der Waals surface area contributed by atoms with Gasteiger partial charge in [-0.15, -0.1) is 0 Å². The molecule has 9 nitrogen and oxygen atoms in total. The lowest BCUT2D eigenvalue weighted by Gasteiger charge is -2.21. The molecule has 170 valence electrons. The average Bonchev–Trinajstić information content (AvgIpc) is 3.28. The summed E-state index contributed by atoms with van der Waals surface area (Å²) < 4.78 is 22.1. The van der Waals surface area contributed by atoms with Crippen molar-refractivity contribution in [1.82, 2.24) is 19.5 Å². The number of ether oxygens (including phenoxy) is 1. The summed E-state index contributed by atoms with van der Waals surface area (Å²) >= 11 is 5.93. The van der Waals surface area contributed by atoms with Crippen LogP contribution in [0.3, 0.4) is 0 Å². The van der Waals surface area contributed by atoms with E-state index in [1.54, 1.807) is 23.8 Å². The lowest BCUT2D eigenvalue weighted by atomic mass is 10.1. The van der Waals surface area contributed by atoms with Crippen molar-refractivity contribution in [2.45, 2.75) is 25.2 Å². The van der Waals surface area contributed by atoms with Crippen LogP contribution in [0.2, 0.25) is 5.02 Å². The van der Waals surface area contributed by atoms with Crippen LogP contribution in [0, 0.1) is 5.82 Å². The number of halogens is 2. The number of nitrogens with two attached hydrogens (primary N) is 2. The maximum absolute atomic E-state index is 14.6. The summed E-state index contributed by atoms with van der Waals surface area (Å²) in [6.07, 6.45) is 0.776. The molecule has 1 aromatic carbocycles. The van der Waals surface area contributed by atoms with Gasteiger partial charge < -0.3 is 31.0 Å². The van der Waals surface area contributed by atoms with E-state index in [1.807, 2.05) is 0 Å². The van der Waals surface area contributed by atoms with Crippen LogP contribution in [-0.2, 0) is 0 Å². The Kier molecular flexibility index (Phi) is 5.08. The fourth-order valence-electron chi connectivity index (χ4n) is 4.29. The molecule has 5 rings (SSSR count). The summed E-state index contributed by atoms with van der Waals surface area (Å²) in [5.74, 6) is 0.0424. The summed E-state index contributed by atoms with van der Waals surface area (Å²) in [4.78, 5) is 12.3. The van der Waals surface area contributed by atoms with Gasteiger partial charge >= 0.3 is 0 Å². The van der Waals surface area contributed by atoms with Crippen LogP contribution in [0.4, 0.5) is 16.0 Å². The fraction of sp³-hybridized carbons (Fsp3) is 0.227. The second kappa shape index (κ2) is 7.84. The second-order valence-corrected chi connectivity index (χ2v) is 8.33. The number of aromatic nitrogens is 4. The number of nitrogens with zero attached hydrogens (tertiary/aromatic N) is 4. The van der Waals surface area contributed by atoms with E-state index in [1.165, 1.54) is 24.5 Å². The second-order valence-electron chi connectivity index (χ2n) is 7.92. The predicted octanol–water partition coefficient (Wildman–Crippen LogP) is 2.61. The van der Waals surface area contributed by atoms with E-state index >= 15 is 0 Å². The first-order valence-corrected chi connectivity index (χ1v) is 10.4. The quantitative estimate of drug-likeness (QED) is 0.333. The topological polar surface area (TPSA) is 145 Å². The van der Waals surface area contributed by atoms with Crippen LogP contribution in [-0.4, -0.2) is 48.5 Å². The number of rotatable bonds is 4. The molecule has 0 fully saturated rings. The Bertz CT molecular complexity index is 1440. The number of aliphatic hydroxyl groups is 2. The molecule has 0 aliphatic heterocycles. The first-order chi connectivity index (χ1) is 15.8. The highest BCUT2D eigenvalue weighted by Crippen LogP contribution is 2.39. The van der Waals surface area contributed by atoms with Gasteiger partial charge in [-0.25, -0.2) is 19.3 Å². The average molecular weight is 471 g/mol. The van der Waals surface area contributed by atoms with Crippen molar-refractivity contribution in [2.24, 2.45) is 0 Å². The summed E-state index contributed by atoms with van der Waals surface area (Å²) in [6.45, 7) is 1.73. The highest BCUT2D eigenvalue weighted by Gasteiger charge is 2.40. The van der Waals surface area contributed by atoms with Gasteiger partial charge in [0.25, 0.3) is 0 Å². The van der Waals surface area contributed by atoms with E-state index in [0.29, 0.717) is 33.5 Å². The van der Waals surface area contributed by atoms with E-state index in [-0.39, 0.29) is 28.6 Å². The molecular formula is C22H20ClFN6O3. The number of hydrogen-bond acceptors (Lipinski definition) is 8. The summed E-state index contributed by atoms with van der Waals surface area (Å²) in [6, 6.07) is 5.33. The third kappa shape index (κ3) is 3.43. The minimum absolute atomic E-state index is 0.0646. The zero-order chi connectivity index (χ0) is 23.4. The highest BCUT2D eigenvalue weighted by atomic mass is 35.5. The van der Waals surface area contributed by atoms with Crippen molar-refractivity contribution in [3.05, 3.63) is 58.8 Å². The highest BCUT2D eigenvalue weighted by molar-refractivity contribution is 6.33. The molecule has 0 saturated heterocycles. The van der Waals surface area contributed by atoms with E-state index in [4.69, 9.17) is 27.8 Å². The predicted molar refractivity (Wildman–Crippen MR) is 122 cm³/mol. The van der Waals surface area contributed by atoms with Crippen molar-refractivity contribution < 1.29 is 19.3 Å². The van der Waals surface area contributed by atoms with Gasteiger partial charge in [-0.05, 0) is 30.2 Å². The Morgan fingerprint density at radius 3 is 2.73 bits per heavy atom.